The van der Waals surface area contributed by atoms with Crippen molar-refractivity contribution in [3.05, 3.63) is 59.4 Å². The fourth-order valence-corrected chi connectivity index (χ4v) is 12.6. The molecule has 1 aromatic carbocycles. The summed E-state index contributed by atoms with van der Waals surface area (Å²) in [7, 11) is 1.72. The van der Waals surface area contributed by atoms with E-state index >= 15 is 0 Å². The second kappa shape index (κ2) is 12.6. The number of allylic oxidation sites excluding steroid dienone is 2. The van der Waals surface area contributed by atoms with E-state index in [0.717, 1.165) is 44.1 Å². The average molecular weight is 702 g/mol. The van der Waals surface area contributed by atoms with Crippen LogP contribution in [-0.4, -0.2) is 61.2 Å². The highest BCUT2D eigenvalue weighted by molar-refractivity contribution is 5.93. The highest BCUT2D eigenvalue weighted by Crippen LogP contribution is 2.87. The molecule has 2 spiro atoms. The second-order valence-corrected chi connectivity index (χ2v) is 17.4. The lowest BCUT2D eigenvalue weighted by atomic mass is 9.43. The van der Waals surface area contributed by atoms with Crippen molar-refractivity contribution in [1.29, 1.82) is 0 Å². The first-order valence-electron chi connectivity index (χ1n) is 19.0. The first-order chi connectivity index (χ1) is 24.1. The predicted molar refractivity (Wildman–Crippen MR) is 189 cm³/mol. The third kappa shape index (κ3) is 5.42. The summed E-state index contributed by atoms with van der Waals surface area (Å²) in [5.74, 6) is 0.233. The summed E-state index contributed by atoms with van der Waals surface area (Å²) in [5.41, 5.74) is 1.26. The molecule has 0 bridgehead atoms. The zero-order valence-electron chi connectivity index (χ0n) is 31.5. The maximum absolute atomic E-state index is 12.9. The van der Waals surface area contributed by atoms with Gasteiger partial charge in [0.05, 0.1) is 18.7 Å². The summed E-state index contributed by atoms with van der Waals surface area (Å²) < 4.78 is 18.9. The fourth-order valence-electron chi connectivity index (χ4n) is 12.6. The molecule has 0 amide bonds. The van der Waals surface area contributed by atoms with Crippen LogP contribution in [0.25, 0.3) is 0 Å². The summed E-state index contributed by atoms with van der Waals surface area (Å²) in [4.78, 5) is 57.0. The largest absolute Gasteiger partial charge is 0.493 e. The zero-order valence-corrected chi connectivity index (χ0v) is 31.5. The molecule has 12 atom stereocenters. The summed E-state index contributed by atoms with van der Waals surface area (Å²) >= 11 is 0. The standard InChI is InChI=1S/C42H55NO8/c1-24-22-48-37(30(24)21-43(8)51-38(47)29-12-10-9-11-13-29)36(50-28(5)45)26(3)35-33(49-27(4)44)20-40(7)34-15-14-31-25(2)32(46)16-17-41(31)23-42(34,41)19-18-39(35,40)6/h9-13,16-17,24-26,31,33-36H,14-15,18-23H2,1-8H3/t24-,25-,26-,31-,33-,34-,35-,36+,39+,40-,41+,42?/m0/s1. The number of nitrogens with zero attached hydrogens (tertiary/aromatic N) is 1. The highest BCUT2D eigenvalue weighted by atomic mass is 16.7. The summed E-state index contributed by atoms with van der Waals surface area (Å²) in [6, 6.07) is 8.86. The van der Waals surface area contributed by atoms with Crippen LogP contribution in [-0.2, 0) is 33.4 Å². The molecule has 4 fully saturated rings. The molecular weight excluding hydrogens is 646 g/mol. The van der Waals surface area contributed by atoms with Gasteiger partial charge in [-0.2, -0.15) is 0 Å². The Morgan fingerprint density at radius 1 is 1.02 bits per heavy atom. The van der Waals surface area contributed by atoms with Gasteiger partial charge >= 0.3 is 17.9 Å². The van der Waals surface area contributed by atoms with Gasteiger partial charge in [-0.15, -0.1) is 5.06 Å². The van der Waals surface area contributed by atoms with Crippen LogP contribution in [0.5, 0.6) is 0 Å². The van der Waals surface area contributed by atoms with Crippen molar-refractivity contribution in [1.82, 2.24) is 5.06 Å². The maximum atomic E-state index is 12.9. The number of hydroxylamine groups is 2. The zero-order chi connectivity index (χ0) is 36.7. The highest BCUT2D eigenvalue weighted by Gasteiger charge is 2.81. The molecule has 9 nitrogen and oxygen atoms in total. The molecule has 0 N–H and O–H groups in total. The van der Waals surface area contributed by atoms with Gasteiger partial charge in [-0.1, -0.05) is 58.9 Å². The smallest absolute Gasteiger partial charge is 0.357 e. The SMILES string of the molecule is CC(=O)O[C@H]1C[C@@]2(C)[C@@H]3CC[C@H]4[C@H](C)C(=O)C=C[C@@]45CC35CC[C@]2(C)[C@H]1[C@H](C)[C@@H](OC(C)=O)C1=C(CN(C)OC(=O)c2ccccc2)[C@@H](C)CO1. The van der Waals surface area contributed by atoms with E-state index in [9.17, 15) is 19.2 Å². The van der Waals surface area contributed by atoms with E-state index in [2.05, 4.69) is 40.7 Å². The minimum Gasteiger partial charge on any atom is -0.493 e. The Morgan fingerprint density at radius 3 is 2.43 bits per heavy atom. The van der Waals surface area contributed by atoms with E-state index in [-0.39, 0.29) is 69.7 Å². The molecule has 1 heterocycles. The van der Waals surface area contributed by atoms with Crippen molar-refractivity contribution in [2.45, 2.75) is 99.2 Å². The van der Waals surface area contributed by atoms with Crippen molar-refractivity contribution >= 4 is 23.7 Å². The Labute approximate surface area is 302 Å². The second-order valence-electron chi connectivity index (χ2n) is 17.4. The number of carbonyl (C=O) groups is 4. The molecule has 7 rings (SSSR count). The number of fused-ring (bicyclic) bond motifs is 2. The number of carbonyl (C=O) groups excluding carboxylic acids is 4. The number of rotatable bonds is 9. The fraction of sp³-hybridized carbons (Fsp3) is 0.667. The monoisotopic (exact) mass is 701 g/mol. The first-order valence-corrected chi connectivity index (χ1v) is 19.0. The molecule has 0 radical (unpaired) electrons. The molecule has 1 aromatic rings. The van der Waals surface area contributed by atoms with Crippen LogP contribution in [0.15, 0.2) is 53.8 Å². The molecule has 276 valence electrons. The summed E-state index contributed by atoms with van der Waals surface area (Å²) in [5, 5.41) is 1.51. The van der Waals surface area contributed by atoms with E-state index < -0.39 is 18.0 Å². The maximum Gasteiger partial charge on any atom is 0.357 e. The van der Waals surface area contributed by atoms with Gasteiger partial charge in [0, 0.05) is 44.6 Å². The van der Waals surface area contributed by atoms with Gasteiger partial charge < -0.3 is 19.0 Å². The summed E-state index contributed by atoms with van der Waals surface area (Å²) in [6.45, 7) is 14.8. The van der Waals surface area contributed by atoms with Crippen molar-refractivity contribution in [2.24, 2.45) is 57.2 Å². The molecule has 9 heteroatoms. The van der Waals surface area contributed by atoms with Gasteiger partial charge in [0.2, 0.25) is 0 Å². The van der Waals surface area contributed by atoms with Gasteiger partial charge in [0.1, 0.15) is 11.9 Å². The molecule has 51 heavy (non-hydrogen) atoms. The van der Waals surface area contributed by atoms with E-state index in [1.165, 1.54) is 18.9 Å². The van der Waals surface area contributed by atoms with Crippen LogP contribution in [0.2, 0.25) is 0 Å². The van der Waals surface area contributed by atoms with E-state index in [0.29, 0.717) is 29.8 Å². The van der Waals surface area contributed by atoms with Gasteiger partial charge in [-0.05, 0) is 95.8 Å². The summed E-state index contributed by atoms with van der Waals surface area (Å²) in [6.07, 6.45) is 9.10. The van der Waals surface area contributed by atoms with Crippen molar-refractivity contribution in [3.63, 3.8) is 0 Å². The Morgan fingerprint density at radius 2 is 1.75 bits per heavy atom. The van der Waals surface area contributed by atoms with Crippen LogP contribution >= 0.6 is 0 Å². The van der Waals surface area contributed by atoms with E-state index in [1.54, 1.807) is 31.3 Å². The predicted octanol–water partition coefficient (Wildman–Crippen LogP) is 7.11. The minimum absolute atomic E-state index is 0.00503. The van der Waals surface area contributed by atoms with Gasteiger partial charge in [0.25, 0.3) is 0 Å². The molecule has 1 unspecified atom stereocenters. The number of ether oxygens (including phenoxy) is 3. The van der Waals surface area contributed by atoms with Crippen LogP contribution in [0.3, 0.4) is 0 Å². The Kier molecular flexibility index (Phi) is 8.87. The van der Waals surface area contributed by atoms with Crippen molar-refractivity contribution in [3.8, 4) is 0 Å². The number of benzene rings is 1. The van der Waals surface area contributed by atoms with Crippen LogP contribution in [0.1, 0.15) is 97.3 Å². The lowest BCUT2D eigenvalue weighted by Crippen LogP contribution is -2.55. The number of hydrogen-bond acceptors (Lipinski definition) is 9. The molecular formula is C42H55NO8. The lowest BCUT2D eigenvalue weighted by molar-refractivity contribution is -0.162. The number of hydrogen-bond donors (Lipinski definition) is 0. The molecule has 4 saturated carbocycles. The Bertz CT molecular complexity index is 1670. The molecule has 1 aliphatic heterocycles. The Balaban J connectivity index is 1.21. The number of esters is 2. The molecule has 6 aliphatic rings. The van der Waals surface area contributed by atoms with Crippen molar-refractivity contribution < 1.29 is 38.2 Å². The van der Waals surface area contributed by atoms with Gasteiger partial charge in [-0.3, -0.25) is 14.4 Å². The minimum atomic E-state index is -0.713. The number of likely N-dealkylation sites (N-methyl/N-ethyl adjacent to an activating group) is 1. The molecule has 0 saturated heterocycles. The van der Waals surface area contributed by atoms with Gasteiger partial charge in [-0.25, -0.2) is 4.79 Å². The third-order valence-electron chi connectivity index (χ3n) is 15.0. The van der Waals surface area contributed by atoms with Crippen LogP contribution in [0.4, 0.5) is 0 Å². The average Bonchev–Trinajstić information content (AvgIpc) is 3.53. The normalized spacial score (nSPS) is 40.3. The topological polar surface area (TPSA) is 108 Å². The van der Waals surface area contributed by atoms with Crippen molar-refractivity contribution in [2.75, 3.05) is 20.2 Å². The van der Waals surface area contributed by atoms with Crippen LogP contribution in [0, 0.1) is 57.2 Å². The van der Waals surface area contributed by atoms with Crippen LogP contribution < -0.4 is 0 Å². The first kappa shape index (κ1) is 35.9. The van der Waals surface area contributed by atoms with E-state index in [4.69, 9.17) is 19.0 Å². The molecule has 5 aliphatic carbocycles. The van der Waals surface area contributed by atoms with Gasteiger partial charge in [0.15, 0.2) is 11.9 Å². The number of ketones is 1. The lowest BCUT2D eigenvalue weighted by Gasteiger charge is -2.61. The third-order valence-corrected chi connectivity index (χ3v) is 15.0. The van der Waals surface area contributed by atoms with E-state index in [1.807, 2.05) is 12.1 Å². The molecule has 0 aromatic heterocycles. The quantitative estimate of drug-likeness (QED) is 0.197. The Hall–Kier alpha value is -3.46.